The Morgan fingerprint density at radius 3 is 2.35 bits per heavy atom. The molecule has 0 unspecified atom stereocenters. The Hall–Kier alpha value is -2.64. The average Bonchev–Trinajstić information content (AvgIpc) is 2.83. The quantitative estimate of drug-likeness (QED) is 0.323. The molecule has 0 atom stereocenters. The largest absolute Gasteiger partial charge is 0.484 e. The van der Waals surface area contributed by atoms with Gasteiger partial charge in [-0.25, -0.2) is 4.39 Å². The highest BCUT2D eigenvalue weighted by molar-refractivity contribution is 5.84. The van der Waals surface area contributed by atoms with Gasteiger partial charge in [0.2, 0.25) is 0 Å². The molecule has 0 spiro atoms. The van der Waals surface area contributed by atoms with Gasteiger partial charge in [-0.05, 0) is 54.0 Å². The Morgan fingerprint density at radius 1 is 0.941 bits per heavy atom. The van der Waals surface area contributed by atoms with Crippen LogP contribution in [-0.2, 0) is 22.3 Å². The van der Waals surface area contributed by atoms with E-state index in [1.807, 2.05) is 18.2 Å². The number of fused-ring (bicyclic) bond motifs is 1. The van der Waals surface area contributed by atoms with Crippen LogP contribution in [0.25, 0.3) is 10.8 Å². The highest BCUT2D eigenvalue weighted by Crippen LogP contribution is 2.31. The summed E-state index contributed by atoms with van der Waals surface area (Å²) in [6, 6.07) is 15.6. The molecule has 34 heavy (non-hydrogen) atoms. The third kappa shape index (κ3) is 6.27. The summed E-state index contributed by atoms with van der Waals surface area (Å²) in [5.41, 5.74) is 2.36. The molecule has 0 bridgehead atoms. The number of rotatable bonds is 8. The molecule has 0 radical (unpaired) electrons. The maximum Gasteiger partial charge on any atom is 0.422 e. The SMILES string of the molecule is CCCC1COC(c2ccc3c(F)c(CCc4ccc(OCC(F)(F)F)cc4)ccc3c2)OC1. The molecule has 7 heteroatoms. The van der Waals surface area contributed by atoms with E-state index >= 15 is 4.39 Å². The van der Waals surface area contributed by atoms with Crippen LogP contribution in [-0.4, -0.2) is 26.0 Å². The Kier molecular flexibility index (Phi) is 7.73. The van der Waals surface area contributed by atoms with E-state index in [1.54, 1.807) is 24.3 Å². The molecule has 3 aromatic carbocycles. The first-order valence-electron chi connectivity index (χ1n) is 11.5. The fourth-order valence-corrected chi connectivity index (χ4v) is 4.20. The standard InChI is InChI=1S/C27H28F4O3/c1-2-3-19-15-32-26(33-16-19)22-10-13-24-21(14-22)9-8-20(25(24)28)7-4-18-5-11-23(12-6-18)34-17-27(29,30)31/h5-6,8-14,19,26H,2-4,7,15-17H2,1H3. The Balaban J connectivity index is 1.38. The zero-order valence-electron chi connectivity index (χ0n) is 19.0. The van der Waals surface area contributed by atoms with Crippen molar-refractivity contribution in [3.8, 4) is 5.75 Å². The van der Waals surface area contributed by atoms with E-state index in [-0.39, 0.29) is 11.6 Å². The zero-order valence-corrected chi connectivity index (χ0v) is 19.0. The Labute approximate surface area is 196 Å². The van der Waals surface area contributed by atoms with E-state index in [2.05, 4.69) is 6.92 Å². The van der Waals surface area contributed by atoms with Crippen molar-refractivity contribution in [2.24, 2.45) is 5.92 Å². The second-order valence-corrected chi connectivity index (χ2v) is 8.72. The Bertz CT molecular complexity index is 1090. The number of ether oxygens (including phenoxy) is 3. The van der Waals surface area contributed by atoms with Crippen molar-refractivity contribution in [2.45, 2.75) is 45.1 Å². The smallest absolute Gasteiger partial charge is 0.422 e. The molecule has 1 saturated heterocycles. The lowest BCUT2D eigenvalue weighted by molar-refractivity contribution is -0.206. The fourth-order valence-electron chi connectivity index (χ4n) is 4.20. The van der Waals surface area contributed by atoms with Gasteiger partial charge in [-0.1, -0.05) is 49.7 Å². The summed E-state index contributed by atoms with van der Waals surface area (Å²) in [6.45, 7) is 2.15. The van der Waals surface area contributed by atoms with E-state index in [4.69, 9.17) is 14.2 Å². The minimum atomic E-state index is -4.37. The molecule has 4 rings (SSSR count). The molecule has 182 valence electrons. The molecule has 1 aliphatic heterocycles. The molecule has 0 amide bonds. The van der Waals surface area contributed by atoms with Crippen LogP contribution in [0.15, 0.2) is 54.6 Å². The number of benzene rings is 3. The summed E-state index contributed by atoms with van der Waals surface area (Å²) < 4.78 is 68.4. The highest BCUT2D eigenvalue weighted by Gasteiger charge is 2.28. The van der Waals surface area contributed by atoms with E-state index in [1.165, 1.54) is 12.1 Å². The van der Waals surface area contributed by atoms with Gasteiger partial charge in [-0.2, -0.15) is 13.2 Å². The van der Waals surface area contributed by atoms with Gasteiger partial charge in [0.1, 0.15) is 11.6 Å². The second kappa shape index (κ2) is 10.7. The summed E-state index contributed by atoms with van der Waals surface area (Å²) in [6.07, 6.45) is -1.59. The lowest BCUT2D eigenvalue weighted by atomic mass is 9.98. The van der Waals surface area contributed by atoms with Gasteiger partial charge < -0.3 is 14.2 Å². The summed E-state index contributed by atoms with van der Waals surface area (Å²) in [7, 11) is 0. The van der Waals surface area contributed by atoms with Crippen molar-refractivity contribution in [1.29, 1.82) is 0 Å². The summed E-state index contributed by atoms with van der Waals surface area (Å²) >= 11 is 0. The molecule has 0 saturated carbocycles. The third-order valence-electron chi connectivity index (χ3n) is 6.00. The molecule has 3 nitrogen and oxygen atoms in total. The molecular weight excluding hydrogens is 448 g/mol. The van der Waals surface area contributed by atoms with E-state index < -0.39 is 19.1 Å². The lowest BCUT2D eigenvalue weighted by Crippen LogP contribution is -2.26. The van der Waals surface area contributed by atoms with Gasteiger partial charge in [-0.3, -0.25) is 0 Å². The first kappa shape index (κ1) is 24.5. The molecule has 1 heterocycles. The van der Waals surface area contributed by atoms with Crippen molar-refractivity contribution < 1.29 is 31.8 Å². The predicted octanol–water partition coefficient (Wildman–Crippen LogP) is 7.17. The van der Waals surface area contributed by atoms with Crippen molar-refractivity contribution >= 4 is 10.8 Å². The average molecular weight is 477 g/mol. The van der Waals surface area contributed by atoms with Crippen molar-refractivity contribution in [3.63, 3.8) is 0 Å². The lowest BCUT2D eigenvalue weighted by Gasteiger charge is -2.29. The maximum atomic E-state index is 15.2. The van der Waals surface area contributed by atoms with Crippen LogP contribution in [0.4, 0.5) is 17.6 Å². The molecule has 0 aliphatic carbocycles. The van der Waals surface area contributed by atoms with Gasteiger partial charge in [0.25, 0.3) is 0 Å². The molecule has 1 fully saturated rings. The minimum absolute atomic E-state index is 0.153. The maximum absolute atomic E-state index is 15.2. The van der Waals surface area contributed by atoms with Crippen molar-refractivity contribution in [2.75, 3.05) is 19.8 Å². The van der Waals surface area contributed by atoms with E-state index in [0.717, 1.165) is 29.4 Å². The molecule has 1 aliphatic rings. The van der Waals surface area contributed by atoms with E-state index in [9.17, 15) is 13.2 Å². The van der Waals surface area contributed by atoms with Gasteiger partial charge in [0.05, 0.1) is 13.2 Å². The highest BCUT2D eigenvalue weighted by atomic mass is 19.4. The van der Waals surface area contributed by atoms with Crippen LogP contribution >= 0.6 is 0 Å². The van der Waals surface area contributed by atoms with Crippen molar-refractivity contribution in [1.82, 2.24) is 0 Å². The monoisotopic (exact) mass is 476 g/mol. The summed E-state index contributed by atoms with van der Waals surface area (Å²) in [5.74, 6) is 0.313. The number of alkyl halides is 3. The predicted molar refractivity (Wildman–Crippen MR) is 122 cm³/mol. The number of aryl methyl sites for hydroxylation is 2. The minimum Gasteiger partial charge on any atom is -0.484 e. The number of hydrogen-bond donors (Lipinski definition) is 0. The fraction of sp³-hybridized carbons (Fsp3) is 0.407. The van der Waals surface area contributed by atoms with Gasteiger partial charge in [-0.15, -0.1) is 0 Å². The topological polar surface area (TPSA) is 27.7 Å². The van der Waals surface area contributed by atoms with Crippen LogP contribution in [0.1, 0.15) is 42.7 Å². The first-order valence-corrected chi connectivity index (χ1v) is 11.5. The normalized spacial score (nSPS) is 18.9. The summed E-state index contributed by atoms with van der Waals surface area (Å²) in [5, 5.41) is 1.32. The van der Waals surface area contributed by atoms with Crippen LogP contribution in [0.2, 0.25) is 0 Å². The van der Waals surface area contributed by atoms with Crippen LogP contribution in [0, 0.1) is 11.7 Å². The second-order valence-electron chi connectivity index (χ2n) is 8.72. The molecule has 0 N–H and O–H groups in total. The molecular formula is C27H28F4O3. The first-order chi connectivity index (χ1) is 16.3. The number of hydrogen-bond acceptors (Lipinski definition) is 3. The van der Waals surface area contributed by atoms with Crippen LogP contribution < -0.4 is 4.74 Å². The van der Waals surface area contributed by atoms with E-state index in [0.29, 0.717) is 42.9 Å². The van der Waals surface area contributed by atoms with Crippen molar-refractivity contribution in [3.05, 3.63) is 77.1 Å². The number of halogens is 4. The van der Waals surface area contributed by atoms with Crippen LogP contribution in [0.3, 0.4) is 0 Å². The van der Waals surface area contributed by atoms with Gasteiger partial charge in [0, 0.05) is 16.9 Å². The zero-order chi connectivity index (χ0) is 24.1. The van der Waals surface area contributed by atoms with Gasteiger partial charge in [0.15, 0.2) is 12.9 Å². The summed E-state index contributed by atoms with van der Waals surface area (Å²) in [4.78, 5) is 0. The Morgan fingerprint density at radius 2 is 1.68 bits per heavy atom. The van der Waals surface area contributed by atoms with Gasteiger partial charge >= 0.3 is 6.18 Å². The van der Waals surface area contributed by atoms with Crippen LogP contribution in [0.5, 0.6) is 5.75 Å². The third-order valence-corrected chi connectivity index (χ3v) is 6.00. The molecule has 0 aromatic heterocycles. The molecule has 3 aromatic rings.